The van der Waals surface area contributed by atoms with E-state index in [1.807, 2.05) is 24.3 Å². The lowest BCUT2D eigenvalue weighted by molar-refractivity contribution is -0.116. The number of aliphatic hydroxyl groups is 1. The minimum Gasteiger partial charge on any atom is -0.394 e. The minimum absolute atomic E-state index is 0.0798. The van der Waals surface area contributed by atoms with Gasteiger partial charge in [0.25, 0.3) is 0 Å². The molecule has 0 unspecified atom stereocenters. The zero-order valence-electron chi connectivity index (χ0n) is 12.4. The highest BCUT2D eigenvalue weighted by Gasteiger charge is 2.33. The molecule has 0 atom stereocenters. The average Bonchev–Trinajstić information content (AvgIpc) is 2.50. The summed E-state index contributed by atoms with van der Waals surface area (Å²) in [5, 5.41) is 15.8. The Labute approximate surface area is 134 Å². The van der Waals surface area contributed by atoms with Crippen molar-refractivity contribution < 1.29 is 9.90 Å². The quantitative estimate of drug-likeness (QED) is 0.761. The van der Waals surface area contributed by atoms with E-state index in [9.17, 15) is 9.90 Å². The Bertz CT molecular complexity index is 468. The van der Waals surface area contributed by atoms with Crippen molar-refractivity contribution in [3.05, 3.63) is 28.7 Å². The van der Waals surface area contributed by atoms with Crippen LogP contribution >= 0.6 is 15.9 Å². The van der Waals surface area contributed by atoms with Gasteiger partial charge >= 0.3 is 0 Å². The van der Waals surface area contributed by atoms with Gasteiger partial charge in [-0.15, -0.1) is 0 Å². The third kappa shape index (κ3) is 4.80. The SMILES string of the molecule is CC1CCC(CO)(NCC(=O)Nc2ccc(Br)cc2)CC1. The zero-order chi connectivity index (χ0) is 15.3. The molecule has 1 aliphatic carbocycles. The first-order valence-electron chi connectivity index (χ1n) is 7.44. The second-order valence-electron chi connectivity index (χ2n) is 6.03. The summed E-state index contributed by atoms with van der Waals surface area (Å²) in [7, 11) is 0. The van der Waals surface area contributed by atoms with E-state index < -0.39 is 0 Å². The number of aliphatic hydroxyl groups excluding tert-OH is 1. The number of hydrogen-bond acceptors (Lipinski definition) is 3. The highest BCUT2D eigenvalue weighted by molar-refractivity contribution is 9.10. The Morgan fingerprint density at radius 3 is 2.52 bits per heavy atom. The average molecular weight is 355 g/mol. The lowest BCUT2D eigenvalue weighted by Gasteiger charge is -2.38. The monoisotopic (exact) mass is 354 g/mol. The minimum atomic E-state index is -0.288. The van der Waals surface area contributed by atoms with Crippen molar-refractivity contribution in [2.24, 2.45) is 5.92 Å². The number of carbonyl (C=O) groups excluding carboxylic acids is 1. The summed E-state index contributed by atoms with van der Waals surface area (Å²) in [5.41, 5.74) is 0.490. The van der Waals surface area contributed by atoms with E-state index in [1.165, 1.54) is 0 Å². The van der Waals surface area contributed by atoms with Crippen LogP contribution in [0, 0.1) is 5.92 Å². The maximum absolute atomic E-state index is 12.0. The second kappa shape index (κ2) is 7.38. The molecule has 1 amide bonds. The molecule has 0 saturated heterocycles. The number of amides is 1. The van der Waals surface area contributed by atoms with Crippen LogP contribution in [0.1, 0.15) is 32.6 Å². The molecule has 0 radical (unpaired) electrons. The van der Waals surface area contributed by atoms with E-state index >= 15 is 0 Å². The van der Waals surface area contributed by atoms with Crippen molar-refractivity contribution in [1.82, 2.24) is 5.32 Å². The molecule has 0 aliphatic heterocycles. The third-order valence-corrected chi connectivity index (χ3v) is 4.81. The van der Waals surface area contributed by atoms with Crippen molar-refractivity contribution in [1.29, 1.82) is 0 Å². The van der Waals surface area contributed by atoms with Crippen LogP contribution in [0.4, 0.5) is 5.69 Å². The molecular formula is C16H23BrN2O2. The van der Waals surface area contributed by atoms with Gasteiger partial charge in [0.1, 0.15) is 0 Å². The predicted octanol–water partition coefficient (Wildman–Crippen LogP) is 2.92. The number of halogens is 1. The molecule has 4 nitrogen and oxygen atoms in total. The Hall–Kier alpha value is -0.910. The highest BCUT2D eigenvalue weighted by atomic mass is 79.9. The van der Waals surface area contributed by atoms with Gasteiger partial charge < -0.3 is 15.7 Å². The van der Waals surface area contributed by atoms with Crippen molar-refractivity contribution in [3.63, 3.8) is 0 Å². The molecule has 0 spiro atoms. The van der Waals surface area contributed by atoms with E-state index in [4.69, 9.17) is 0 Å². The summed E-state index contributed by atoms with van der Waals surface area (Å²) in [6.45, 7) is 2.55. The molecule has 21 heavy (non-hydrogen) atoms. The Balaban J connectivity index is 1.83. The van der Waals surface area contributed by atoms with E-state index in [2.05, 4.69) is 33.5 Å². The van der Waals surface area contributed by atoms with Crippen molar-refractivity contribution in [2.75, 3.05) is 18.5 Å². The van der Waals surface area contributed by atoms with Gasteiger partial charge in [-0.3, -0.25) is 4.79 Å². The fourth-order valence-corrected chi connectivity index (χ4v) is 2.98. The van der Waals surface area contributed by atoms with Gasteiger partial charge in [0, 0.05) is 15.7 Å². The molecule has 1 aromatic rings. The smallest absolute Gasteiger partial charge is 0.238 e. The van der Waals surface area contributed by atoms with Gasteiger partial charge in [0.15, 0.2) is 0 Å². The molecule has 1 aromatic carbocycles. The zero-order valence-corrected chi connectivity index (χ0v) is 13.9. The Morgan fingerprint density at radius 2 is 1.95 bits per heavy atom. The predicted molar refractivity (Wildman–Crippen MR) is 88.2 cm³/mol. The first kappa shape index (κ1) is 16.5. The van der Waals surface area contributed by atoms with Crippen LogP contribution in [0.15, 0.2) is 28.7 Å². The molecule has 0 aromatic heterocycles. The van der Waals surface area contributed by atoms with Gasteiger partial charge in [0.2, 0.25) is 5.91 Å². The number of carbonyl (C=O) groups is 1. The fourth-order valence-electron chi connectivity index (χ4n) is 2.71. The Kier molecular flexibility index (Phi) is 5.79. The van der Waals surface area contributed by atoms with Gasteiger partial charge in [0.05, 0.1) is 13.2 Å². The molecule has 3 N–H and O–H groups in total. The second-order valence-corrected chi connectivity index (χ2v) is 6.95. The summed E-state index contributed by atoms with van der Waals surface area (Å²) in [6, 6.07) is 7.49. The summed E-state index contributed by atoms with van der Waals surface area (Å²) >= 11 is 3.36. The van der Waals surface area contributed by atoms with Crippen LogP contribution in [-0.2, 0) is 4.79 Å². The van der Waals surface area contributed by atoms with Gasteiger partial charge in [-0.25, -0.2) is 0 Å². The van der Waals surface area contributed by atoms with Crippen LogP contribution in [0.2, 0.25) is 0 Å². The number of benzene rings is 1. The number of rotatable bonds is 5. The molecule has 2 rings (SSSR count). The van der Waals surface area contributed by atoms with Crippen LogP contribution in [-0.4, -0.2) is 29.7 Å². The number of anilines is 1. The summed E-state index contributed by atoms with van der Waals surface area (Å²) in [6.07, 6.45) is 4.05. The van der Waals surface area contributed by atoms with Crippen LogP contribution in [0.25, 0.3) is 0 Å². The molecule has 0 heterocycles. The molecule has 1 aliphatic rings. The van der Waals surface area contributed by atoms with Gasteiger partial charge in [-0.1, -0.05) is 22.9 Å². The largest absolute Gasteiger partial charge is 0.394 e. The first-order chi connectivity index (χ1) is 10.0. The van der Waals surface area contributed by atoms with Crippen molar-refractivity contribution in [3.8, 4) is 0 Å². The summed E-state index contributed by atoms with van der Waals surface area (Å²) in [4.78, 5) is 12.0. The molecule has 1 saturated carbocycles. The molecule has 116 valence electrons. The molecule has 0 bridgehead atoms. The molecular weight excluding hydrogens is 332 g/mol. The van der Waals surface area contributed by atoms with Crippen molar-refractivity contribution in [2.45, 2.75) is 38.1 Å². The first-order valence-corrected chi connectivity index (χ1v) is 8.24. The van der Waals surface area contributed by atoms with Crippen LogP contribution in [0.3, 0.4) is 0 Å². The maximum Gasteiger partial charge on any atom is 0.238 e. The van der Waals surface area contributed by atoms with E-state index in [1.54, 1.807) is 0 Å². The van der Waals surface area contributed by atoms with E-state index in [-0.39, 0.29) is 24.6 Å². The lowest BCUT2D eigenvalue weighted by atomic mass is 9.77. The fraction of sp³-hybridized carbons (Fsp3) is 0.562. The van der Waals surface area contributed by atoms with Gasteiger partial charge in [-0.05, 0) is 55.9 Å². The van der Waals surface area contributed by atoms with Crippen LogP contribution in [0.5, 0.6) is 0 Å². The summed E-state index contributed by atoms with van der Waals surface area (Å²) < 4.78 is 0.981. The lowest BCUT2D eigenvalue weighted by Crippen LogP contribution is -2.53. The standard InChI is InChI=1S/C16H23BrN2O2/c1-12-6-8-16(11-20,9-7-12)18-10-15(21)19-14-4-2-13(17)3-5-14/h2-5,12,18,20H,6-11H2,1H3,(H,19,21). The Morgan fingerprint density at radius 1 is 1.33 bits per heavy atom. The summed E-state index contributed by atoms with van der Waals surface area (Å²) in [5.74, 6) is 0.631. The number of nitrogens with one attached hydrogen (secondary N) is 2. The third-order valence-electron chi connectivity index (χ3n) is 4.29. The molecule has 1 fully saturated rings. The molecule has 5 heteroatoms. The van der Waals surface area contributed by atoms with E-state index in [0.29, 0.717) is 5.92 Å². The number of hydrogen-bond donors (Lipinski definition) is 3. The van der Waals surface area contributed by atoms with Crippen LogP contribution < -0.4 is 10.6 Å². The topological polar surface area (TPSA) is 61.4 Å². The van der Waals surface area contributed by atoms with Gasteiger partial charge in [-0.2, -0.15) is 0 Å². The maximum atomic E-state index is 12.0. The normalized spacial score (nSPS) is 25.6. The highest BCUT2D eigenvalue weighted by Crippen LogP contribution is 2.31. The van der Waals surface area contributed by atoms with Crippen molar-refractivity contribution >= 4 is 27.5 Å². The van der Waals surface area contributed by atoms with E-state index in [0.717, 1.165) is 35.8 Å².